The maximum atomic E-state index is 14.0. The molecule has 0 radical (unpaired) electrons. The Bertz CT molecular complexity index is 956. The molecule has 0 unspecified atom stereocenters. The third kappa shape index (κ3) is 6.08. The molecule has 0 aliphatic heterocycles. The number of methoxy groups -OCH3 is 1. The molecule has 0 aliphatic carbocycles. The van der Waals surface area contributed by atoms with Gasteiger partial charge in [-0.25, -0.2) is 9.37 Å². The Kier molecular flexibility index (Phi) is 8.30. The number of halogens is 3. The molecule has 8 heteroatoms. The first-order valence-corrected chi connectivity index (χ1v) is 10.4. The van der Waals surface area contributed by atoms with E-state index in [2.05, 4.69) is 26.2 Å². The summed E-state index contributed by atoms with van der Waals surface area (Å²) >= 11 is 9.58. The number of aromatic nitrogens is 1. The Morgan fingerprint density at radius 2 is 2.00 bits per heavy atom. The van der Waals surface area contributed by atoms with Gasteiger partial charge in [0.25, 0.3) is 0 Å². The second-order valence-corrected chi connectivity index (χ2v) is 7.55. The van der Waals surface area contributed by atoms with Crippen LogP contribution in [-0.4, -0.2) is 25.2 Å². The maximum absolute atomic E-state index is 14.0. The number of pyridine rings is 1. The molecular formula is C22H21BrClFN2O3. The van der Waals surface area contributed by atoms with E-state index in [0.717, 1.165) is 5.56 Å². The van der Waals surface area contributed by atoms with Crippen molar-refractivity contribution in [1.29, 1.82) is 0 Å². The van der Waals surface area contributed by atoms with Gasteiger partial charge in [-0.05, 0) is 51.8 Å². The Morgan fingerprint density at radius 3 is 2.73 bits per heavy atom. The predicted molar refractivity (Wildman–Crippen MR) is 118 cm³/mol. The van der Waals surface area contributed by atoms with E-state index in [9.17, 15) is 4.39 Å². The molecule has 5 nitrogen and oxygen atoms in total. The average Bonchev–Trinajstić information content (AvgIpc) is 2.74. The molecule has 1 aromatic heterocycles. The number of rotatable bonds is 10. The minimum Gasteiger partial charge on any atom is -0.493 e. The molecule has 0 spiro atoms. The van der Waals surface area contributed by atoms with E-state index in [4.69, 9.17) is 25.8 Å². The summed E-state index contributed by atoms with van der Waals surface area (Å²) in [6.07, 6.45) is 1.69. The van der Waals surface area contributed by atoms with Crippen LogP contribution in [0.15, 0.2) is 59.2 Å². The molecule has 30 heavy (non-hydrogen) atoms. The standard InChI is InChI=1S/C22H21BrClFN2O3/c1-28-20-12-15(13-26-9-10-29-21-7-2-3-8-27-21)11-17(23)22(20)30-14-16-18(24)5-4-6-19(16)25/h2-8,11-12,26H,9-10,13-14H2,1H3. The molecule has 0 saturated carbocycles. The van der Waals surface area contributed by atoms with Gasteiger partial charge in [-0.1, -0.05) is 23.7 Å². The van der Waals surface area contributed by atoms with Crippen molar-refractivity contribution in [3.63, 3.8) is 0 Å². The Labute approximate surface area is 188 Å². The lowest BCUT2D eigenvalue weighted by molar-refractivity contribution is 0.277. The van der Waals surface area contributed by atoms with Gasteiger partial charge >= 0.3 is 0 Å². The van der Waals surface area contributed by atoms with Gasteiger partial charge in [0, 0.05) is 30.9 Å². The zero-order valence-corrected chi connectivity index (χ0v) is 18.7. The molecule has 1 N–H and O–H groups in total. The normalized spacial score (nSPS) is 10.7. The van der Waals surface area contributed by atoms with Crippen LogP contribution in [0.25, 0.3) is 0 Å². The van der Waals surface area contributed by atoms with Crippen molar-refractivity contribution >= 4 is 27.5 Å². The number of nitrogens with one attached hydrogen (secondary N) is 1. The molecule has 1 heterocycles. The molecule has 2 aromatic carbocycles. The summed E-state index contributed by atoms with van der Waals surface area (Å²) in [6, 6.07) is 13.9. The molecule has 0 atom stereocenters. The highest BCUT2D eigenvalue weighted by Gasteiger charge is 2.14. The first-order chi connectivity index (χ1) is 14.6. The largest absolute Gasteiger partial charge is 0.493 e. The van der Waals surface area contributed by atoms with E-state index in [-0.39, 0.29) is 6.61 Å². The van der Waals surface area contributed by atoms with Crippen molar-refractivity contribution < 1.29 is 18.6 Å². The Hall–Kier alpha value is -2.35. The zero-order valence-electron chi connectivity index (χ0n) is 16.3. The van der Waals surface area contributed by atoms with Crippen LogP contribution in [0.2, 0.25) is 5.02 Å². The molecular weight excluding hydrogens is 475 g/mol. The van der Waals surface area contributed by atoms with E-state index in [1.54, 1.807) is 25.4 Å². The zero-order chi connectivity index (χ0) is 21.3. The fourth-order valence-electron chi connectivity index (χ4n) is 2.72. The smallest absolute Gasteiger partial charge is 0.213 e. The summed E-state index contributed by atoms with van der Waals surface area (Å²) in [5, 5.41) is 3.62. The van der Waals surface area contributed by atoms with E-state index in [1.165, 1.54) is 6.07 Å². The Morgan fingerprint density at radius 1 is 1.13 bits per heavy atom. The third-order valence-electron chi connectivity index (χ3n) is 4.21. The van der Waals surface area contributed by atoms with Crippen molar-refractivity contribution in [2.75, 3.05) is 20.3 Å². The van der Waals surface area contributed by atoms with Crippen LogP contribution >= 0.6 is 27.5 Å². The topological polar surface area (TPSA) is 52.6 Å². The highest BCUT2D eigenvalue weighted by atomic mass is 79.9. The van der Waals surface area contributed by atoms with Crippen LogP contribution in [0.1, 0.15) is 11.1 Å². The summed E-state index contributed by atoms with van der Waals surface area (Å²) < 4.78 is 31.5. The van der Waals surface area contributed by atoms with Gasteiger partial charge in [0.05, 0.1) is 16.6 Å². The van der Waals surface area contributed by atoms with Crippen molar-refractivity contribution in [2.45, 2.75) is 13.2 Å². The predicted octanol–water partition coefficient (Wildman–Crippen LogP) is 5.39. The lowest BCUT2D eigenvalue weighted by Crippen LogP contribution is -2.20. The lowest BCUT2D eigenvalue weighted by Gasteiger charge is -2.15. The van der Waals surface area contributed by atoms with E-state index >= 15 is 0 Å². The fraction of sp³-hybridized carbons (Fsp3) is 0.227. The number of hydrogen-bond acceptors (Lipinski definition) is 5. The third-order valence-corrected chi connectivity index (χ3v) is 5.15. The van der Waals surface area contributed by atoms with Crippen molar-refractivity contribution in [3.05, 3.63) is 81.2 Å². The Balaban J connectivity index is 1.57. The highest BCUT2D eigenvalue weighted by molar-refractivity contribution is 9.10. The molecule has 0 aliphatic rings. The van der Waals surface area contributed by atoms with Gasteiger partial charge in [0.2, 0.25) is 5.88 Å². The van der Waals surface area contributed by atoms with Crippen LogP contribution in [-0.2, 0) is 13.2 Å². The van der Waals surface area contributed by atoms with Gasteiger partial charge in [-0.15, -0.1) is 0 Å². The minimum atomic E-state index is -0.411. The second kappa shape index (κ2) is 11.2. The van der Waals surface area contributed by atoms with Crippen molar-refractivity contribution in [2.24, 2.45) is 0 Å². The van der Waals surface area contributed by atoms with Crippen LogP contribution in [0.5, 0.6) is 17.4 Å². The second-order valence-electron chi connectivity index (χ2n) is 6.29. The molecule has 3 aromatic rings. The molecule has 158 valence electrons. The minimum absolute atomic E-state index is 0.0110. The number of benzene rings is 2. The van der Waals surface area contributed by atoms with Crippen LogP contribution < -0.4 is 19.5 Å². The van der Waals surface area contributed by atoms with Gasteiger partial charge in [0.15, 0.2) is 11.5 Å². The van der Waals surface area contributed by atoms with Gasteiger partial charge in [-0.2, -0.15) is 0 Å². The maximum Gasteiger partial charge on any atom is 0.213 e. The molecule has 0 fully saturated rings. The van der Waals surface area contributed by atoms with Gasteiger partial charge in [-0.3, -0.25) is 0 Å². The average molecular weight is 496 g/mol. The summed E-state index contributed by atoms with van der Waals surface area (Å²) in [5.41, 5.74) is 1.29. The number of nitrogens with zero attached hydrogens (tertiary/aromatic N) is 1. The van der Waals surface area contributed by atoms with Crippen molar-refractivity contribution in [1.82, 2.24) is 10.3 Å². The lowest BCUT2D eigenvalue weighted by atomic mass is 10.2. The van der Waals surface area contributed by atoms with Crippen LogP contribution in [0.4, 0.5) is 4.39 Å². The molecule has 0 bridgehead atoms. The highest BCUT2D eigenvalue weighted by Crippen LogP contribution is 2.37. The number of hydrogen-bond donors (Lipinski definition) is 1. The SMILES string of the molecule is COc1cc(CNCCOc2ccccn2)cc(Br)c1OCc1c(F)cccc1Cl. The summed E-state index contributed by atoms with van der Waals surface area (Å²) in [4.78, 5) is 4.11. The van der Waals surface area contributed by atoms with Crippen LogP contribution in [0, 0.1) is 5.82 Å². The first-order valence-electron chi connectivity index (χ1n) is 9.25. The molecule has 0 saturated heterocycles. The summed E-state index contributed by atoms with van der Waals surface area (Å²) in [5.74, 6) is 1.21. The number of ether oxygens (including phenoxy) is 3. The monoisotopic (exact) mass is 494 g/mol. The van der Waals surface area contributed by atoms with Crippen LogP contribution in [0.3, 0.4) is 0 Å². The van der Waals surface area contributed by atoms with Crippen molar-refractivity contribution in [3.8, 4) is 17.4 Å². The van der Waals surface area contributed by atoms with E-state index in [1.807, 2.05) is 30.3 Å². The molecule has 3 rings (SSSR count). The van der Waals surface area contributed by atoms with Gasteiger partial charge in [0.1, 0.15) is 19.0 Å². The first kappa shape index (κ1) is 22.3. The fourth-order valence-corrected chi connectivity index (χ4v) is 3.54. The van der Waals surface area contributed by atoms with E-state index < -0.39 is 5.82 Å². The molecule has 0 amide bonds. The summed E-state index contributed by atoms with van der Waals surface area (Å²) in [7, 11) is 1.56. The quantitative estimate of drug-likeness (QED) is 0.382. The summed E-state index contributed by atoms with van der Waals surface area (Å²) in [6.45, 7) is 1.75. The van der Waals surface area contributed by atoms with Gasteiger partial charge < -0.3 is 19.5 Å². The van der Waals surface area contributed by atoms with E-state index in [0.29, 0.717) is 52.1 Å².